The molecule has 0 saturated carbocycles. The number of piperidine rings is 1. The average molecular weight is 443 g/mol. The molecule has 2 aliphatic rings. The van der Waals surface area contributed by atoms with Gasteiger partial charge >= 0.3 is 0 Å². The highest BCUT2D eigenvalue weighted by molar-refractivity contribution is 5.95. The molecule has 0 aliphatic carbocycles. The summed E-state index contributed by atoms with van der Waals surface area (Å²) >= 11 is 0. The Morgan fingerprint density at radius 2 is 1.91 bits per heavy atom. The van der Waals surface area contributed by atoms with Crippen molar-refractivity contribution < 1.29 is 9.59 Å². The summed E-state index contributed by atoms with van der Waals surface area (Å²) in [6, 6.07) is 8.51. The lowest BCUT2D eigenvalue weighted by Gasteiger charge is -2.33. The predicted octanol–water partition coefficient (Wildman–Crippen LogP) is 1.46. The lowest BCUT2D eigenvalue weighted by atomic mass is 10.1. The van der Waals surface area contributed by atoms with E-state index in [0.717, 1.165) is 63.5 Å². The van der Waals surface area contributed by atoms with Gasteiger partial charge in [-0.25, -0.2) is 0 Å². The molecule has 2 amide bonds. The highest BCUT2D eigenvalue weighted by Gasteiger charge is 2.24. The molecule has 1 aromatic carbocycles. The molecule has 2 heterocycles. The maximum Gasteiger partial charge on any atom is 0.236 e. The van der Waals surface area contributed by atoms with E-state index >= 15 is 0 Å². The molecule has 3 rings (SSSR count). The van der Waals surface area contributed by atoms with E-state index in [1.807, 2.05) is 23.1 Å². The quantitative estimate of drug-likeness (QED) is 0.362. The first-order valence-corrected chi connectivity index (χ1v) is 11.8. The van der Waals surface area contributed by atoms with Crippen LogP contribution in [-0.2, 0) is 16.0 Å². The Bertz CT molecular complexity index is 801. The molecule has 1 saturated heterocycles. The molecule has 8 heteroatoms. The number of carbonyl (C=O) groups excluding carboxylic acids is 2. The number of carbonyl (C=O) groups is 2. The van der Waals surface area contributed by atoms with Gasteiger partial charge in [-0.05, 0) is 44.2 Å². The fourth-order valence-electron chi connectivity index (χ4n) is 4.23. The third kappa shape index (κ3) is 6.69. The number of nitrogens with zero attached hydrogens (tertiary/aromatic N) is 4. The van der Waals surface area contributed by atoms with Crippen molar-refractivity contribution in [3.63, 3.8) is 0 Å². The van der Waals surface area contributed by atoms with Gasteiger partial charge in [0.2, 0.25) is 11.8 Å². The van der Waals surface area contributed by atoms with Crippen molar-refractivity contribution in [1.29, 1.82) is 0 Å². The third-order valence-electron chi connectivity index (χ3n) is 6.14. The lowest BCUT2D eigenvalue weighted by molar-refractivity contribution is -0.130. The van der Waals surface area contributed by atoms with Crippen LogP contribution in [0.2, 0.25) is 0 Å². The molecular weight excluding hydrogens is 404 g/mol. The van der Waals surface area contributed by atoms with Gasteiger partial charge in [-0.15, -0.1) is 0 Å². The van der Waals surface area contributed by atoms with E-state index in [1.165, 1.54) is 5.56 Å². The molecule has 0 atom stereocenters. The Kier molecular flexibility index (Phi) is 8.90. The second-order valence-electron chi connectivity index (χ2n) is 8.77. The summed E-state index contributed by atoms with van der Waals surface area (Å²) in [7, 11) is 3.60. The van der Waals surface area contributed by atoms with E-state index < -0.39 is 0 Å². The number of anilines is 1. The number of fused-ring (bicyclic) bond motifs is 1. The molecule has 0 radical (unpaired) electrons. The number of likely N-dealkylation sites (tertiary alicyclic amines) is 1. The molecule has 8 nitrogen and oxygen atoms in total. The lowest BCUT2D eigenvalue weighted by Crippen LogP contribution is -2.50. The molecule has 0 aromatic heterocycles. The summed E-state index contributed by atoms with van der Waals surface area (Å²) in [6.45, 7) is 6.55. The van der Waals surface area contributed by atoms with Gasteiger partial charge in [-0.1, -0.05) is 18.2 Å². The molecule has 1 aromatic rings. The number of rotatable bonds is 8. The molecule has 32 heavy (non-hydrogen) atoms. The van der Waals surface area contributed by atoms with Crippen LogP contribution in [0.5, 0.6) is 0 Å². The zero-order valence-electron chi connectivity index (χ0n) is 19.8. The van der Waals surface area contributed by atoms with Crippen LogP contribution >= 0.6 is 0 Å². The largest absolute Gasteiger partial charge is 0.357 e. The van der Waals surface area contributed by atoms with Gasteiger partial charge in [-0.2, -0.15) is 0 Å². The Morgan fingerprint density at radius 3 is 2.62 bits per heavy atom. The first-order chi connectivity index (χ1) is 15.5. The van der Waals surface area contributed by atoms with Crippen LogP contribution in [0.15, 0.2) is 29.3 Å². The van der Waals surface area contributed by atoms with E-state index in [9.17, 15) is 9.59 Å². The first-order valence-electron chi connectivity index (χ1n) is 11.8. The van der Waals surface area contributed by atoms with Crippen molar-refractivity contribution >= 4 is 23.5 Å². The number of likely N-dealkylation sites (N-methyl/N-ethyl adjacent to an activating group) is 1. The number of amides is 2. The van der Waals surface area contributed by atoms with Crippen LogP contribution in [-0.4, -0.2) is 87.0 Å². The number of para-hydroxylation sites is 1. The molecular formula is C24H38N6O2. The van der Waals surface area contributed by atoms with Crippen molar-refractivity contribution in [2.24, 2.45) is 4.99 Å². The number of hydrogen-bond donors (Lipinski definition) is 2. The fraction of sp³-hybridized carbons (Fsp3) is 0.625. The van der Waals surface area contributed by atoms with Crippen molar-refractivity contribution in [2.75, 3.05) is 58.3 Å². The van der Waals surface area contributed by atoms with E-state index in [2.05, 4.69) is 28.5 Å². The van der Waals surface area contributed by atoms with Gasteiger partial charge in [0.25, 0.3) is 0 Å². The van der Waals surface area contributed by atoms with Gasteiger partial charge in [0.1, 0.15) is 0 Å². The molecule has 2 N–H and O–H groups in total. The van der Waals surface area contributed by atoms with E-state index in [1.54, 1.807) is 19.0 Å². The van der Waals surface area contributed by atoms with E-state index in [4.69, 9.17) is 4.99 Å². The summed E-state index contributed by atoms with van der Waals surface area (Å²) in [5, 5.41) is 6.84. The fourth-order valence-corrected chi connectivity index (χ4v) is 4.23. The molecule has 0 unspecified atom stereocenters. The summed E-state index contributed by atoms with van der Waals surface area (Å²) in [5.74, 6) is 1.15. The summed E-state index contributed by atoms with van der Waals surface area (Å²) in [4.78, 5) is 35.0. The molecule has 1 fully saturated rings. The zero-order chi connectivity index (χ0) is 22.9. The monoisotopic (exact) mass is 442 g/mol. The topological polar surface area (TPSA) is 80.3 Å². The Labute approximate surface area is 192 Å². The van der Waals surface area contributed by atoms with Gasteiger partial charge in [0.15, 0.2) is 5.96 Å². The van der Waals surface area contributed by atoms with Crippen LogP contribution in [0.4, 0.5) is 5.69 Å². The number of benzene rings is 1. The second-order valence-corrected chi connectivity index (χ2v) is 8.77. The summed E-state index contributed by atoms with van der Waals surface area (Å²) in [5.41, 5.74) is 2.32. The van der Waals surface area contributed by atoms with Gasteiger partial charge in [-0.3, -0.25) is 19.5 Å². The second kappa shape index (κ2) is 11.9. The highest BCUT2D eigenvalue weighted by atomic mass is 16.2. The highest BCUT2D eigenvalue weighted by Crippen LogP contribution is 2.28. The number of aliphatic imine (C=N–C) groups is 1. The summed E-state index contributed by atoms with van der Waals surface area (Å²) < 4.78 is 0. The minimum absolute atomic E-state index is 0.151. The number of hydrogen-bond acceptors (Lipinski definition) is 4. The van der Waals surface area contributed by atoms with Crippen LogP contribution < -0.4 is 15.5 Å². The molecule has 2 aliphatic heterocycles. The molecule has 0 spiro atoms. The Hall–Kier alpha value is -2.61. The minimum Gasteiger partial charge on any atom is -0.357 e. The predicted molar refractivity (Wildman–Crippen MR) is 129 cm³/mol. The average Bonchev–Trinajstić information content (AvgIpc) is 3.22. The van der Waals surface area contributed by atoms with Crippen LogP contribution in [0.1, 0.15) is 38.2 Å². The zero-order valence-corrected chi connectivity index (χ0v) is 19.8. The van der Waals surface area contributed by atoms with Crippen molar-refractivity contribution in [1.82, 2.24) is 20.4 Å². The van der Waals surface area contributed by atoms with Crippen molar-refractivity contribution in [3.05, 3.63) is 29.8 Å². The minimum atomic E-state index is 0.151. The maximum absolute atomic E-state index is 12.7. The Balaban J connectivity index is 1.41. The van der Waals surface area contributed by atoms with Gasteiger partial charge in [0, 0.05) is 65.0 Å². The van der Waals surface area contributed by atoms with E-state index in [0.29, 0.717) is 25.6 Å². The number of nitrogens with one attached hydrogen (secondary N) is 2. The van der Waals surface area contributed by atoms with Crippen LogP contribution in [0, 0.1) is 0 Å². The third-order valence-corrected chi connectivity index (χ3v) is 6.14. The van der Waals surface area contributed by atoms with Gasteiger partial charge < -0.3 is 20.4 Å². The van der Waals surface area contributed by atoms with E-state index in [-0.39, 0.29) is 11.8 Å². The van der Waals surface area contributed by atoms with Crippen molar-refractivity contribution in [2.45, 2.75) is 45.1 Å². The molecule has 176 valence electrons. The first kappa shape index (κ1) is 24.0. The van der Waals surface area contributed by atoms with Crippen LogP contribution in [0.25, 0.3) is 0 Å². The molecule has 0 bridgehead atoms. The van der Waals surface area contributed by atoms with Gasteiger partial charge in [0.05, 0.1) is 6.54 Å². The summed E-state index contributed by atoms with van der Waals surface area (Å²) in [6.07, 6.45) is 4.15. The normalized spacial score (nSPS) is 17.2. The van der Waals surface area contributed by atoms with Crippen LogP contribution in [0.3, 0.4) is 0 Å². The smallest absolute Gasteiger partial charge is 0.236 e. The standard InChI is InChI=1S/C24H38N6O2/c1-4-25-24(27-20-12-15-29(16-13-20)18-23(32)28(2)3)26-14-7-10-22(31)30-17-11-19-8-5-6-9-21(19)30/h5-6,8-9,20H,4,7,10-18H2,1-3H3,(H2,25,26,27). The maximum atomic E-state index is 12.7. The van der Waals surface area contributed by atoms with Crippen molar-refractivity contribution in [3.8, 4) is 0 Å². The SMILES string of the molecule is CCNC(=NCCCC(=O)N1CCc2ccccc21)NC1CCN(CC(=O)N(C)C)CC1. The number of guanidine groups is 1. The Morgan fingerprint density at radius 1 is 1.16 bits per heavy atom.